The van der Waals surface area contributed by atoms with E-state index in [0.717, 1.165) is 6.42 Å². The summed E-state index contributed by atoms with van der Waals surface area (Å²) < 4.78 is 10.1. The van der Waals surface area contributed by atoms with Gasteiger partial charge in [0, 0.05) is 12.1 Å². The maximum absolute atomic E-state index is 12.1. The lowest BCUT2D eigenvalue weighted by Crippen LogP contribution is -2.48. The smallest absolute Gasteiger partial charge is 0.305 e. The molecule has 1 aromatic carbocycles. The van der Waals surface area contributed by atoms with Crippen LogP contribution in [-0.4, -0.2) is 31.1 Å². The minimum Gasteiger partial charge on any atom is -0.494 e. The van der Waals surface area contributed by atoms with Crippen molar-refractivity contribution < 1.29 is 19.1 Å². The number of amides is 1. The van der Waals surface area contributed by atoms with Gasteiger partial charge in [0.15, 0.2) is 0 Å². The second kappa shape index (κ2) is 10.9. The molecule has 24 heavy (non-hydrogen) atoms. The molecule has 7 heteroatoms. The zero-order chi connectivity index (χ0) is 17.3. The van der Waals surface area contributed by atoms with Crippen LogP contribution in [0.5, 0.6) is 5.75 Å². The Kier molecular flexibility index (Phi) is 10.1. The summed E-state index contributed by atoms with van der Waals surface area (Å²) in [6.07, 6.45) is 2.39. The molecule has 0 aliphatic rings. The fourth-order valence-electron chi connectivity index (χ4n) is 2.05. The van der Waals surface area contributed by atoms with Crippen molar-refractivity contribution in [1.29, 1.82) is 0 Å². The molecule has 6 nitrogen and oxygen atoms in total. The van der Waals surface area contributed by atoms with Gasteiger partial charge in [0.1, 0.15) is 5.75 Å². The van der Waals surface area contributed by atoms with E-state index in [1.807, 2.05) is 6.92 Å². The number of nitrogens with two attached hydrogens (primary N) is 1. The molecule has 0 aliphatic heterocycles. The van der Waals surface area contributed by atoms with Crippen molar-refractivity contribution in [3.8, 4) is 5.75 Å². The Morgan fingerprint density at radius 3 is 2.42 bits per heavy atom. The van der Waals surface area contributed by atoms with Crippen LogP contribution in [-0.2, 0) is 14.3 Å². The highest BCUT2D eigenvalue weighted by molar-refractivity contribution is 5.97. The summed E-state index contributed by atoms with van der Waals surface area (Å²) >= 11 is 0. The predicted molar refractivity (Wildman–Crippen MR) is 96.6 cm³/mol. The normalized spacial score (nSPS) is 12.5. The summed E-state index contributed by atoms with van der Waals surface area (Å²) in [5.74, 6) is 0.228. The van der Waals surface area contributed by atoms with E-state index in [0.29, 0.717) is 37.3 Å². The molecule has 1 atom stereocenters. The van der Waals surface area contributed by atoms with Crippen molar-refractivity contribution in [3.05, 3.63) is 24.3 Å². The van der Waals surface area contributed by atoms with Crippen LogP contribution < -0.4 is 15.8 Å². The van der Waals surface area contributed by atoms with E-state index in [-0.39, 0.29) is 24.3 Å². The number of nitrogens with one attached hydrogen (secondary N) is 1. The number of ether oxygens (including phenoxy) is 2. The maximum Gasteiger partial charge on any atom is 0.305 e. The molecule has 0 spiro atoms. The number of anilines is 1. The Labute approximate surface area is 149 Å². The van der Waals surface area contributed by atoms with Crippen LogP contribution in [0.3, 0.4) is 0 Å². The molecule has 1 rings (SSSR count). The SMILES string of the molecule is CCCC(C)(N)C(=O)Nc1ccc(OCCCC(=O)OC)cc1.Cl. The Hall–Kier alpha value is -1.79. The van der Waals surface area contributed by atoms with Crippen LogP contribution >= 0.6 is 12.4 Å². The molecule has 1 amide bonds. The third-order valence-corrected chi connectivity index (χ3v) is 3.42. The number of carbonyl (C=O) groups is 2. The molecule has 0 saturated heterocycles. The summed E-state index contributed by atoms with van der Waals surface area (Å²) in [6, 6.07) is 7.05. The van der Waals surface area contributed by atoms with Crippen molar-refractivity contribution in [2.75, 3.05) is 19.0 Å². The van der Waals surface area contributed by atoms with Gasteiger partial charge in [-0.1, -0.05) is 13.3 Å². The maximum atomic E-state index is 12.1. The van der Waals surface area contributed by atoms with Gasteiger partial charge in [-0.3, -0.25) is 9.59 Å². The van der Waals surface area contributed by atoms with E-state index in [9.17, 15) is 9.59 Å². The fraction of sp³-hybridized carbons (Fsp3) is 0.529. The predicted octanol–water partition coefficient (Wildman–Crippen LogP) is 2.90. The number of rotatable bonds is 9. The fourth-order valence-corrected chi connectivity index (χ4v) is 2.05. The van der Waals surface area contributed by atoms with Crippen molar-refractivity contribution in [2.45, 2.75) is 45.1 Å². The Balaban J connectivity index is 0.00000529. The van der Waals surface area contributed by atoms with Crippen LogP contribution in [0.1, 0.15) is 39.5 Å². The van der Waals surface area contributed by atoms with Crippen molar-refractivity contribution in [1.82, 2.24) is 0 Å². The van der Waals surface area contributed by atoms with Gasteiger partial charge in [0.05, 0.1) is 19.3 Å². The topological polar surface area (TPSA) is 90.7 Å². The highest BCUT2D eigenvalue weighted by atomic mass is 35.5. The van der Waals surface area contributed by atoms with E-state index >= 15 is 0 Å². The van der Waals surface area contributed by atoms with E-state index in [1.54, 1.807) is 31.2 Å². The highest BCUT2D eigenvalue weighted by Gasteiger charge is 2.27. The standard InChI is InChI=1S/C17H26N2O4.ClH/c1-4-11-17(2,18)16(21)19-13-7-9-14(10-8-13)23-12-5-6-15(20)22-3;/h7-10H,4-6,11-12,18H2,1-3H3,(H,19,21);1H. The first-order valence-electron chi connectivity index (χ1n) is 7.79. The summed E-state index contributed by atoms with van der Waals surface area (Å²) in [5, 5.41) is 2.80. The van der Waals surface area contributed by atoms with E-state index in [2.05, 4.69) is 10.1 Å². The van der Waals surface area contributed by atoms with Crippen LogP contribution in [0.4, 0.5) is 5.69 Å². The van der Waals surface area contributed by atoms with Gasteiger partial charge in [-0.25, -0.2) is 0 Å². The monoisotopic (exact) mass is 358 g/mol. The van der Waals surface area contributed by atoms with E-state index in [4.69, 9.17) is 10.5 Å². The number of hydrogen-bond acceptors (Lipinski definition) is 5. The summed E-state index contributed by atoms with van der Waals surface area (Å²) in [4.78, 5) is 23.1. The number of hydrogen-bond donors (Lipinski definition) is 2. The molecule has 1 aromatic rings. The minimum absolute atomic E-state index is 0. The summed E-state index contributed by atoms with van der Waals surface area (Å²) in [7, 11) is 1.36. The van der Waals surface area contributed by atoms with Gasteiger partial charge in [0.2, 0.25) is 5.91 Å². The second-order valence-electron chi connectivity index (χ2n) is 5.67. The van der Waals surface area contributed by atoms with E-state index < -0.39 is 5.54 Å². The average molecular weight is 359 g/mol. The van der Waals surface area contributed by atoms with Gasteiger partial charge in [-0.15, -0.1) is 12.4 Å². The van der Waals surface area contributed by atoms with Gasteiger partial charge < -0.3 is 20.5 Å². The zero-order valence-corrected chi connectivity index (χ0v) is 15.3. The Morgan fingerprint density at radius 1 is 1.25 bits per heavy atom. The molecular formula is C17H27ClN2O4. The molecule has 0 saturated carbocycles. The number of esters is 1. The highest BCUT2D eigenvalue weighted by Crippen LogP contribution is 2.18. The van der Waals surface area contributed by atoms with Crippen LogP contribution in [0.25, 0.3) is 0 Å². The first-order chi connectivity index (χ1) is 10.9. The number of halogens is 1. The van der Waals surface area contributed by atoms with E-state index in [1.165, 1.54) is 7.11 Å². The lowest BCUT2D eigenvalue weighted by atomic mass is 9.96. The first-order valence-corrected chi connectivity index (χ1v) is 7.79. The zero-order valence-electron chi connectivity index (χ0n) is 14.5. The van der Waals surface area contributed by atoms with Gasteiger partial charge in [-0.2, -0.15) is 0 Å². The Bertz CT molecular complexity index is 518. The van der Waals surface area contributed by atoms with Crippen molar-refractivity contribution in [3.63, 3.8) is 0 Å². The molecule has 136 valence electrons. The number of methoxy groups -OCH3 is 1. The third-order valence-electron chi connectivity index (χ3n) is 3.42. The molecule has 0 radical (unpaired) electrons. The van der Waals surface area contributed by atoms with Crippen molar-refractivity contribution in [2.24, 2.45) is 5.73 Å². The largest absolute Gasteiger partial charge is 0.494 e. The first kappa shape index (κ1) is 22.2. The van der Waals surface area contributed by atoms with Crippen LogP contribution in [0.2, 0.25) is 0 Å². The van der Waals surface area contributed by atoms with Crippen LogP contribution in [0.15, 0.2) is 24.3 Å². The summed E-state index contributed by atoms with van der Waals surface area (Å²) in [6.45, 7) is 4.15. The van der Waals surface area contributed by atoms with Crippen molar-refractivity contribution >= 4 is 30.0 Å². The lowest BCUT2D eigenvalue weighted by Gasteiger charge is -2.22. The number of benzene rings is 1. The third kappa shape index (κ3) is 7.66. The quantitative estimate of drug-likeness (QED) is 0.523. The Morgan fingerprint density at radius 2 is 1.88 bits per heavy atom. The molecule has 0 aromatic heterocycles. The molecule has 0 fully saturated rings. The van der Waals surface area contributed by atoms with Gasteiger partial charge in [0.25, 0.3) is 0 Å². The number of carbonyl (C=O) groups excluding carboxylic acids is 2. The molecule has 0 heterocycles. The minimum atomic E-state index is -0.877. The molecular weight excluding hydrogens is 332 g/mol. The average Bonchev–Trinajstić information content (AvgIpc) is 2.52. The summed E-state index contributed by atoms with van der Waals surface area (Å²) in [5.41, 5.74) is 5.78. The molecule has 3 N–H and O–H groups in total. The van der Waals surface area contributed by atoms with Gasteiger partial charge >= 0.3 is 5.97 Å². The second-order valence-corrected chi connectivity index (χ2v) is 5.67. The molecule has 0 bridgehead atoms. The van der Waals surface area contributed by atoms with Gasteiger partial charge in [-0.05, 0) is 44.0 Å². The molecule has 1 unspecified atom stereocenters. The lowest BCUT2D eigenvalue weighted by molar-refractivity contribution is -0.140. The van der Waals surface area contributed by atoms with Crippen LogP contribution in [0, 0.1) is 0 Å². The molecule has 0 aliphatic carbocycles.